The third-order valence-electron chi connectivity index (χ3n) is 4.95. The van der Waals surface area contributed by atoms with E-state index in [-0.39, 0.29) is 11.7 Å². The highest BCUT2D eigenvalue weighted by Crippen LogP contribution is 2.40. The van der Waals surface area contributed by atoms with Crippen LogP contribution in [-0.2, 0) is 11.3 Å². The van der Waals surface area contributed by atoms with E-state index in [1.807, 2.05) is 24.3 Å². The summed E-state index contributed by atoms with van der Waals surface area (Å²) in [6, 6.07) is 11.4. The van der Waals surface area contributed by atoms with Gasteiger partial charge in [0.15, 0.2) is 17.1 Å². The Labute approximate surface area is 189 Å². The number of aryl methyl sites for hydroxylation is 1. The van der Waals surface area contributed by atoms with Crippen LogP contribution in [0.2, 0.25) is 0 Å². The Morgan fingerprint density at radius 1 is 1.06 bits per heavy atom. The molecule has 166 valence electrons. The molecule has 0 spiro atoms. The van der Waals surface area contributed by atoms with Crippen molar-refractivity contribution in [2.45, 2.75) is 18.6 Å². The van der Waals surface area contributed by atoms with Crippen molar-refractivity contribution in [1.82, 2.24) is 19.7 Å². The fourth-order valence-corrected chi connectivity index (χ4v) is 4.13. The summed E-state index contributed by atoms with van der Waals surface area (Å²) in [4.78, 5) is 17.2. The number of nitrogens with one attached hydrogen (secondary N) is 1. The first-order valence-corrected chi connectivity index (χ1v) is 10.9. The lowest BCUT2D eigenvalue weighted by molar-refractivity contribution is -0.113. The number of para-hydroxylation sites is 1. The highest BCUT2D eigenvalue weighted by molar-refractivity contribution is 7.99. The van der Waals surface area contributed by atoms with E-state index >= 15 is 0 Å². The molecule has 1 N–H and O–H groups in total. The van der Waals surface area contributed by atoms with Crippen LogP contribution in [0.1, 0.15) is 6.92 Å². The Balaban J connectivity index is 1.51. The molecule has 0 aliphatic rings. The van der Waals surface area contributed by atoms with E-state index in [9.17, 15) is 4.79 Å². The van der Waals surface area contributed by atoms with Gasteiger partial charge in [0, 0.05) is 29.8 Å². The Kier molecular flexibility index (Phi) is 6.31. The number of nitrogens with zero attached hydrogens (tertiary/aromatic N) is 4. The lowest BCUT2D eigenvalue weighted by atomic mass is 10.2. The molecule has 32 heavy (non-hydrogen) atoms. The third kappa shape index (κ3) is 4.01. The van der Waals surface area contributed by atoms with Crippen LogP contribution < -0.4 is 19.5 Å². The maximum Gasteiger partial charge on any atom is 0.234 e. The number of aromatic nitrogens is 4. The van der Waals surface area contributed by atoms with E-state index in [0.717, 1.165) is 28.6 Å². The monoisotopic (exact) mass is 453 g/mol. The standard InChI is InChI=1S/C22H23N5O4S/c1-5-27-15-9-7-6-8-14(15)19-21(27)24-22(26-25-19)32-12-18(28)23-13-10-16(29-2)20(31-4)17(11-13)30-3/h6-11H,5,12H2,1-4H3,(H,23,28). The summed E-state index contributed by atoms with van der Waals surface area (Å²) in [5, 5.41) is 12.9. The second-order valence-electron chi connectivity index (χ2n) is 6.78. The molecule has 0 aliphatic heterocycles. The Bertz CT molecular complexity index is 1270. The Morgan fingerprint density at radius 2 is 1.78 bits per heavy atom. The molecule has 0 unspecified atom stereocenters. The number of methoxy groups -OCH3 is 3. The van der Waals surface area contributed by atoms with Gasteiger partial charge in [0.25, 0.3) is 0 Å². The van der Waals surface area contributed by atoms with E-state index < -0.39 is 0 Å². The molecular formula is C22H23N5O4S. The van der Waals surface area contributed by atoms with Crippen molar-refractivity contribution in [3.05, 3.63) is 36.4 Å². The van der Waals surface area contributed by atoms with Crippen LogP contribution in [-0.4, -0.2) is 52.7 Å². The van der Waals surface area contributed by atoms with Gasteiger partial charge < -0.3 is 24.1 Å². The number of benzene rings is 2. The van der Waals surface area contributed by atoms with E-state index in [4.69, 9.17) is 14.2 Å². The predicted octanol–water partition coefficient (Wildman–Crippen LogP) is 3.76. The van der Waals surface area contributed by atoms with Crippen molar-refractivity contribution in [2.75, 3.05) is 32.4 Å². The van der Waals surface area contributed by atoms with Crippen LogP contribution in [0.25, 0.3) is 22.1 Å². The molecule has 9 nitrogen and oxygen atoms in total. The van der Waals surface area contributed by atoms with Crippen molar-refractivity contribution < 1.29 is 19.0 Å². The van der Waals surface area contributed by atoms with E-state index in [1.165, 1.54) is 33.1 Å². The zero-order chi connectivity index (χ0) is 22.7. The first kappa shape index (κ1) is 21.7. The topological polar surface area (TPSA) is 100 Å². The van der Waals surface area contributed by atoms with Crippen LogP contribution >= 0.6 is 11.8 Å². The molecule has 0 bridgehead atoms. The molecular weight excluding hydrogens is 430 g/mol. The summed E-state index contributed by atoms with van der Waals surface area (Å²) >= 11 is 1.22. The molecule has 0 aliphatic carbocycles. The van der Waals surface area contributed by atoms with Crippen molar-refractivity contribution in [3.8, 4) is 17.2 Å². The number of amides is 1. The number of rotatable bonds is 8. The van der Waals surface area contributed by atoms with Crippen LogP contribution in [0.3, 0.4) is 0 Å². The zero-order valence-corrected chi connectivity index (χ0v) is 19.0. The summed E-state index contributed by atoms with van der Waals surface area (Å²) in [6.45, 7) is 2.82. The largest absolute Gasteiger partial charge is 0.493 e. The summed E-state index contributed by atoms with van der Waals surface area (Å²) in [5.41, 5.74) is 3.12. The second-order valence-corrected chi connectivity index (χ2v) is 7.72. The second kappa shape index (κ2) is 9.31. The molecule has 1 amide bonds. The maximum atomic E-state index is 12.5. The summed E-state index contributed by atoms with van der Waals surface area (Å²) in [6.07, 6.45) is 0. The number of thioether (sulfide) groups is 1. The SMILES string of the molecule is CCn1c2ccccc2c2nnc(SCC(=O)Nc3cc(OC)c(OC)c(OC)c3)nc21. The maximum absolute atomic E-state index is 12.5. The van der Waals surface area contributed by atoms with Crippen molar-refractivity contribution in [2.24, 2.45) is 0 Å². The number of ether oxygens (including phenoxy) is 3. The normalized spacial score (nSPS) is 11.0. The zero-order valence-electron chi connectivity index (χ0n) is 18.2. The van der Waals surface area contributed by atoms with Gasteiger partial charge in [-0.05, 0) is 13.0 Å². The molecule has 10 heteroatoms. The van der Waals surface area contributed by atoms with E-state index in [0.29, 0.717) is 28.1 Å². The molecule has 0 saturated carbocycles. The summed E-state index contributed by atoms with van der Waals surface area (Å²) < 4.78 is 18.1. The minimum atomic E-state index is -0.219. The van der Waals surface area contributed by atoms with Gasteiger partial charge in [0.1, 0.15) is 5.52 Å². The van der Waals surface area contributed by atoms with Gasteiger partial charge in [-0.15, -0.1) is 10.2 Å². The molecule has 0 saturated heterocycles. The smallest absolute Gasteiger partial charge is 0.234 e. The molecule has 0 fully saturated rings. The van der Waals surface area contributed by atoms with Crippen LogP contribution in [0.15, 0.2) is 41.6 Å². The van der Waals surface area contributed by atoms with Gasteiger partial charge in [0.05, 0.1) is 32.6 Å². The number of anilines is 1. The Hall–Kier alpha value is -3.53. The number of hydrogen-bond acceptors (Lipinski definition) is 8. The first-order valence-electron chi connectivity index (χ1n) is 9.93. The first-order chi connectivity index (χ1) is 15.6. The molecule has 2 aromatic heterocycles. The van der Waals surface area contributed by atoms with E-state index in [2.05, 4.69) is 32.0 Å². The third-order valence-corrected chi connectivity index (χ3v) is 5.79. The lowest BCUT2D eigenvalue weighted by Gasteiger charge is -2.14. The van der Waals surface area contributed by atoms with Gasteiger partial charge in [-0.2, -0.15) is 0 Å². The minimum absolute atomic E-state index is 0.121. The summed E-state index contributed by atoms with van der Waals surface area (Å²) in [7, 11) is 4.57. The fourth-order valence-electron chi connectivity index (χ4n) is 3.55. The van der Waals surface area contributed by atoms with Crippen LogP contribution in [0.4, 0.5) is 5.69 Å². The molecule has 4 rings (SSSR count). The van der Waals surface area contributed by atoms with Crippen molar-refractivity contribution in [1.29, 1.82) is 0 Å². The predicted molar refractivity (Wildman–Crippen MR) is 124 cm³/mol. The number of hydrogen-bond donors (Lipinski definition) is 1. The lowest BCUT2D eigenvalue weighted by Crippen LogP contribution is -2.14. The molecule has 0 radical (unpaired) electrons. The van der Waals surface area contributed by atoms with E-state index in [1.54, 1.807) is 12.1 Å². The average Bonchev–Trinajstić information content (AvgIpc) is 3.14. The van der Waals surface area contributed by atoms with Gasteiger partial charge in [-0.3, -0.25) is 4.79 Å². The molecule has 0 atom stereocenters. The highest BCUT2D eigenvalue weighted by atomic mass is 32.2. The van der Waals surface area contributed by atoms with Gasteiger partial charge in [-0.1, -0.05) is 30.0 Å². The highest BCUT2D eigenvalue weighted by Gasteiger charge is 2.16. The quantitative estimate of drug-likeness (QED) is 0.403. The number of carbonyl (C=O) groups is 1. The van der Waals surface area contributed by atoms with Crippen LogP contribution in [0, 0.1) is 0 Å². The average molecular weight is 454 g/mol. The van der Waals surface area contributed by atoms with Gasteiger partial charge in [0.2, 0.25) is 16.8 Å². The van der Waals surface area contributed by atoms with Crippen LogP contribution in [0.5, 0.6) is 17.2 Å². The van der Waals surface area contributed by atoms with Gasteiger partial charge >= 0.3 is 0 Å². The minimum Gasteiger partial charge on any atom is -0.493 e. The van der Waals surface area contributed by atoms with Crippen molar-refractivity contribution >= 4 is 45.4 Å². The summed E-state index contributed by atoms with van der Waals surface area (Å²) in [5.74, 6) is 1.28. The molecule has 2 aromatic carbocycles. The molecule has 2 heterocycles. The number of carbonyl (C=O) groups excluding carboxylic acids is 1. The Morgan fingerprint density at radius 3 is 2.44 bits per heavy atom. The van der Waals surface area contributed by atoms with Crippen molar-refractivity contribution in [3.63, 3.8) is 0 Å². The van der Waals surface area contributed by atoms with Gasteiger partial charge in [-0.25, -0.2) is 4.98 Å². The molecule has 4 aromatic rings. The fraction of sp³-hybridized carbons (Fsp3) is 0.273. The number of fused-ring (bicyclic) bond motifs is 3.